The van der Waals surface area contributed by atoms with Crippen molar-refractivity contribution in [2.24, 2.45) is 0 Å². The van der Waals surface area contributed by atoms with Crippen molar-refractivity contribution < 1.29 is 4.79 Å². The first-order valence-electron chi connectivity index (χ1n) is 7.78. The van der Waals surface area contributed by atoms with Crippen LogP contribution in [-0.4, -0.2) is 15.3 Å². The number of rotatable bonds is 5. The number of carbonyl (C=O) groups is 1. The quantitative estimate of drug-likeness (QED) is 0.850. The summed E-state index contributed by atoms with van der Waals surface area (Å²) < 4.78 is 2.19. The largest absolute Gasteiger partial charge is 0.327 e. The van der Waals surface area contributed by atoms with Crippen molar-refractivity contribution in [2.45, 2.75) is 45.1 Å². The van der Waals surface area contributed by atoms with Crippen LogP contribution in [0.1, 0.15) is 54.6 Å². The van der Waals surface area contributed by atoms with E-state index in [2.05, 4.69) is 15.6 Å². The summed E-state index contributed by atoms with van der Waals surface area (Å²) >= 11 is 0. The highest BCUT2D eigenvalue weighted by Crippen LogP contribution is 2.34. The molecule has 4 heteroatoms. The van der Waals surface area contributed by atoms with Gasteiger partial charge in [0.05, 0.1) is 24.0 Å². The smallest absolute Gasteiger partial charge is 0.137 e. The van der Waals surface area contributed by atoms with Crippen LogP contribution in [0, 0.1) is 11.3 Å². The number of Topliss-reactive ketones (excluding diaryl/α,β-unsaturated/α-hetero) is 1. The number of carbonyl (C=O) groups excluding carboxylic acids is 1. The Kier molecular flexibility index (Phi) is 4.06. The van der Waals surface area contributed by atoms with E-state index in [0.29, 0.717) is 18.4 Å². The molecule has 1 aromatic heterocycles. The molecule has 0 amide bonds. The van der Waals surface area contributed by atoms with Gasteiger partial charge in [0.15, 0.2) is 0 Å². The number of aryl methyl sites for hydroxylation is 1. The van der Waals surface area contributed by atoms with E-state index in [-0.39, 0.29) is 11.8 Å². The van der Waals surface area contributed by atoms with Crippen LogP contribution in [0.25, 0.3) is 0 Å². The summed E-state index contributed by atoms with van der Waals surface area (Å²) in [7, 11) is 0. The molecule has 1 atom stereocenters. The van der Waals surface area contributed by atoms with Crippen molar-refractivity contribution in [1.82, 2.24) is 9.55 Å². The van der Waals surface area contributed by atoms with Gasteiger partial charge in [-0.3, -0.25) is 4.79 Å². The molecule has 2 aromatic rings. The van der Waals surface area contributed by atoms with Crippen molar-refractivity contribution in [3.05, 3.63) is 53.1 Å². The first kappa shape index (κ1) is 14.5. The van der Waals surface area contributed by atoms with Gasteiger partial charge in [0.2, 0.25) is 0 Å². The summed E-state index contributed by atoms with van der Waals surface area (Å²) in [5.41, 5.74) is 4.00. The maximum atomic E-state index is 12.1. The van der Waals surface area contributed by atoms with Crippen molar-refractivity contribution in [2.75, 3.05) is 0 Å². The van der Waals surface area contributed by atoms with Crippen molar-refractivity contribution >= 4 is 5.78 Å². The molecule has 0 saturated heterocycles. The first-order chi connectivity index (χ1) is 10.7. The topological polar surface area (TPSA) is 58.7 Å². The van der Waals surface area contributed by atoms with Crippen molar-refractivity contribution in [3.8, 4) is 6.07 Å². The summed E-state index contributed by atoms with van der Waals surface area (Å²) in [5, 5.41) is 9.13. The normalized spacial score (nSPS) is 16.3. The van der Waals surface area contributed by atoms with E-state index >= 15 is 0 Å². The van der Waals surface area contributed by atoms with Crippen LogP contribution in [0.15, 0.2) is 30.7 Å². The number of ketones is 1. The molecular formula is C18H19N3O. The van der Waals surface area contributed by atoms with Gasteiger partial charge in [-0.15, -0.1) is 0 Å². The van der Waals surface area contributed by atoms with Gasteiger partial charge >= 0.3 is 0 Å². The van der Waals surface area contributed by atoms with E-state index in [1.165, 1.54) is 5.69 Å². The molecule has 1 aliphatic rings. The Morgan fingerprint density at radius 1 is 1.50 bits per heavy atom. The Morgan fingerprint density at radius 3 is 3.14 bits per heavy atom. The van der Waals surface area contributed by atoms with E-state index in [1.807, 2.05) is 37.6 Å². The van der Waals surface area contributed by atoms with Crippen LogP contribution in [-0.2, 0) is 17.6 Å². The summed E-state index contributed by atoms with van der Waals surface area (Å²) in [4.78, 5) is 16.3. The molecule has 3 rings (SSSR count). The first-order valence-corrected chi connectivity index (χ1v) is 7.78. The van der Waals surface area contributed by atoms with Gasteiger partial charge in [0.25, 0.3) is 0 Å². The van der Waals surface area contributed by atoms with Crippen LogP contribution >= 0.6 is 0 Å². The summed E-state index contributed by atoms with van der Waals surface area (Å²) in [6, 6.07) is 8.13. The molecule has 112 valence electrons. The number of aromatic nitrogens is 2. The van der Waals surface area contributed by atoms with Crippen LogP contribution in [0.4, 0.5) is 0 Å². The highest BCUT2D eigenvalue weighted by molar-refractivity contribution is 5.81. The van der Waals surface area contributed by atoms with E-state index in [4.69, 9.17) is 5.26 Å². The second kappa shape index (κ2) is 6.15. The molecular weight excluding hydrogens is 274 g/mol. The van der Waals surface area contributed by atoms with E-state index in [1.54, 1.807) is 0 Å². The summed E-state index contributed by atoms with van der Waals surface area (Å²) in [6.07, 6.45) is 7.68. The lowest BCUT2D eigenvalue weighted by Crippen LogP contribution is -2.11. The minimum atomic E-state index is 0.231. The number of imidazole rings is 1. The number of nitrogens with zero attached hydrogens (tertiary/aromatic N) is 3. The van der Waals surface area contributed by atoms with Crippen molar-refractivity contribution in [1.29, 1.82) is 5.26 Å². The van der Waals surface area contributed by atoms with Crippen LogP contribution in [0.5, 0.6) is 0 Å². The third kappa shape index (κ3) is 2.67. The average molecular weight is 293 g/mol. The Bertz CT molecular complexity index is 739. The summed E-state index contributed by atoms with van der Waals surface area (Å²) in [6.45, 7) is 2.01. The fraction of sp³-hybridized carbons (Fsp3) is 0.389. The predicted molar refractivity (Wildman–Crippen MR) is 83.5 cm³/mol. The minimum absolute atomic E-state index is 0.231. The molecule has 22 heavy (non-hydrogen) atoms. The van der Waals surface area contributed by atoms with Gasteiger partial charge in [0.1, 0.15) is 5.78 Å². The number of nitriles is 1. The Labute approximate surface area is 130 Å². The monoisotopic (exact) mass is 293 g/mol. The number of fused-ring (bicyclic) bond motifs is 1. The molecule has 0 saturated carbocycles. The zero-order valence-electron chi connectivity index (χ0n) is 12.7. The third-order valence-corrected chi connectivity index (χ3v) is 4.30. The zero-order valence-corrected chi connectivity index (χ0v) is 12.7. The lowest BCUT2D eigenvalue weighted by atomic mass is 9.93. The van der Waals surface area contributed by atoms with Gasteiger partial charge in [0, 0.05) is 24.7 Å². The highest BCUT2D eigenvalue weighted by Gasteiger charge is 2.25. The van der Waals surface area contributed by atoms with Gasteiger partial charge < -0.3 is 4.57 Å². The maximum Gasteiger partial charge on any atom is 0.137 e. The van der Waals surface area contributed by atoms with Gasteiger partial charge in [-0.25, -0.2) is 4.98 Å². The molecule has 1 aliphatic heterocycles. The van der Waals surface area contributed by atoms with Crippen molar-refractivity contribution in [3.63, 3.8) is 0 Å². The number of hydrogen-bond acceptors (Lipinski definition) is 3. The fourth-order valence-corrected chi connectivity index (χ4v) is 3.27. The van der Waals surface area contributed by atoms with Gasteiger partial charge in [-0.2, -0.15) is 5.26 Å². The SMILES string of the molecule is CCCC(=O)Cc1cc(C#N)ccc1C1CCc2cncn21. The van der Waals surface area contributed by atoms with E-state index < -0.39 is 0 Å². The molecule has 1 unspecified atom stereocenters. The molecule has 0 fully saturated rings. The van der Waals surface area contributed by atoms with Crippen LogP contribution in [0.2, 0.25) is 0 Å². The maximum absolute atomic E-state index is 12.1. The standard InChI is InChI=1S/C18H19N3O/c1-2-3-16(22)9-14-8-13(10-19)4-6-17(14)18-7-5-15-11-20-12-21(15)18/h4,6,8,11-12,18H,2-3,5,7,9H2,1H3. The molecule has 4 nitrogen and oxygen atoms in total. The Hall–Kier alpha value is -2.41. The van der Waals surface area contributed by atoms with Crippen LogP contribution < -0.4 is 0 Å². The highest BCUT2D eigenvalue weighted by atomic mass is 16.1. The molecule has 0 bridgehead atoms. The molecule has 1 aromatic carbocycles. The van der Waals surface area contributed by atoms with Crippen LogP contribution in [0.3, 0.4) is 0 Å². The number of benzene rings is 1. The molecule has 0 radical (unpaired) electrons. The fourth-order valence-electron chi connectivity index (χ4n) is 3.27. The van der Waals surface area contributed by atoms with Gasteiger partial charge in [-0.05, 0) is 42.5 Å². The molecule has 2 heterocycles. The second-order valence-electron chi connectivity index (χ2n) is 5.84. The lowest BCUT2D eigenvalue weighted by Gasteiger charge is -2.18. The zero-order chi connectivity index (χ0) is 15.5. The Morgan fingerprint density at radius 2 is 2.36 bits per heavy atom. The minimum Gasteiger partial charge on any atom is -0.327 e. The Balaban J connectivity index is 1.97. The predicted octanol–water partition coefficient (Wildman–Crippen LogP) is 3.20. The number of hydrogen-bond donors (Lipinski definition) is 0. The molecule has 0 aliphatic carbocycles. The average Bonchev–Trinajstić information content (AvgIpc) is 3.11. The lowest BCUT2D eigenvalue weighted by molar-refractivity contribution is -0.118. The van der Waals surface area contributed by atoms with Gasteiger partial charge in [-0.1, -0.05) is 13.0 Å². The summed E-state index contributed by atoms with van der Waals surface area (Å²) in [5.74, 6) is 0.239. The van der Waals surface area contributed by atoms with E-state index in [0.717, 1.165) is 30.4 Å². The molecule has 0 N–H and O–H groups in total. The molecule has 0 spiro atoms. The third-order valence-electron chi connectivity index (χ3n) is 4.30. The van der Waals surface area contributed by atoms with E-state index in [9.17, 15) is 4.79 Å². The second-order valence-corrected chi connectivity index (χ2v) is 5.84.